The van der Waals surface area contributed by atoms with Crippen molar-refractivity contribution < 1.29 is 22.1 Å². The predicted molar refractivity (Wildman–Crippen MR) is 162 cm³/mol. The molecule has 5 rings (SSSR count). The molecule has 1 N–H and O–H groups in total. The second-order valence-corrected chi connectivity index (χ2v) is 13.2. The Morgan fingerprint density at radius 1 is 1.12 bits per heavy atom. The third-order valence-electron chi connectivity index (χ3n) is 7.65. The van der Waals surface area contributed by atoms with Gasteiger partial charge in [-0.25, -0.2) is 12.8 Å². The topological polar surface area (TPSA) is 105 Å². The number of hydrogen-bond acceptors (Lipinski definition) is 6. The minimum absolute atomic E-state index is 0.00391. The zero-order valence-corrected chi connectivity index (χ0v) is 24.5. The van der Waals surface area contributed by atoms with Crippen LogP contribution in [0.2, 0.25) is 0 Å². The Kier molecular flexibility index (Phi) is 9.21. The van der Waals surface area contributed by atoms with Gasteiger partial charge in [-0.1, -0.05) is 42.1 Å². The molecule has 222 valence electrons. The lowest BCUT2D eigenvalue weighted by Crippen LogP contribution is -2.35. The third kappa shape index (κ3) is 7.94. The van der Waals surface area contributed by atoms with E-state index >= 15 is 0 Å². The van der Waals surface area contributed by atoms with Gasteiger partial charge in [0.05, 0.1) is 11.1 Å². The summed E-state index contributed by atoms with van der Waals surface area (Å²) in [5.74, 6) is 1.14. The van der Waals surface area contributed by atoms with Crippen molar-refractivity contribution in [1.82, 2.24) is 10.1 Å². The average Bonchev–Trinajstić information content (AvgIpc) is 3.92. The van der Waals surface area contributed by atoms with E-state index in [1.54, 1.807) is 17.0 Å². The number of aromatic nitrogens is 2. The third-order valence-corrected chi connectivity index (χ3v) is 9.52. The van der Waals surface area contributed by atoms with E-state index in [1.165, 1.54) is 0 Å². The van der Waals surface area contributed by atoms with Crippen molar-refractivity contribution in [3.05, 3.63) is 85.3 Å². The SMILES string of the molecule is C=CC(CCCc1nc(C2CC2)no1)CN(C(=O)CCC(=C)F)c1cccc(-c2ccc(NS(=O)(=O)C3CC3)cc2)c1. The Morgan fingerprint density at radius 2 is 1.88 bits per heavy atom. The summed E-state index contributed by atoms with van der Waals surface area (Å²) < 4.78 is 46.1. The van der Waals surface area contributed by atoms with Crippen LogP contribution in [0.4, 0.5) is 15.8 Å². The molecule has 2 aliphatic rings. The summed E-state index contributed by atoms with van der Waals surface area (Å²) in [6.45, 7) is 7.70. The van der Waals surface area contributed by atoms with Gasteiger partial charge in [0.25, 0.3) is 0 Å². The first-order valence-electron chi connectivity index (χ1n) is 14.5. The number of nitrogens with zero attached hydrogens (tertiary/aromatic N) is 3. The number of halogens is 1. The highest BCUT2D eigenvalue weighted by molar-refractivity contribution is 7.93. The number of benzene rings is 2. The van der Waals surface area contributed by atoms with Crippen LogP contribution in [-0.2, 0) is 21.2 Å². The van der Waals surface area contributed by atoms with Gasteiger partial charge in [-0.15, -0.1) is 6.58 Å². The summed E-state index contributed by atoms with van der Waals surface area (Å²) >= 11 is 0. The maximum absolute atomic E-state index is 13.5. The van der Waals surface area contributed by atoms with E-state index in [4.69, 9.17) is 4.52 Å². The van der Waals surface area contributed by atoms with Gasteiger partial charge in [0.15, 0.2) is 5.82 Å². The smallest absolute Gasteiger partial charge is 0.235 e. The van der Waals surface area contributed by atoms with E-state index in [1.807, 2.05) is 42.5 Å². The molecule has 2 fully saturated rings. The van der Waals surface area contributed by atoms with E-state index in [2.05, 4.69) is 28.0 Å². The molecule has 1 unspecified atom stereocenters. The van der Waals surface area contributed by atoms with Crippen LogP contribution in [0.15, 0.2) is 78.1 Å². The molecule has 2 aliphatic carbocycles. The molecule has 1 aromatic heterocycles. The highest BCUT2D eigenvalue weighted by Gasteiger charge is 2.35. The predicted octanol–water partition coefficient (Wildman–Crippen LogP) is 6.94. The molecular weight excluding hydrogens is 555 g/mol. The number of carbonyl (C=O) groups excluding carboxylic acids is 1. The van der Waals surface area contributed by atoms with Crippen molar-refractivity contribution in [2.75, 3.05) is 16.2 Å². The molecular formula is C32H37FN4O4S. The zero-order chi connectivity index (χ0) is 29.7. The Bertz CT molecular complexity index is 1530. The normalized spacial score (nSPS) is 15.6. The van der Waals surface area contributed by atoms with Crippen LogP contribution in [0, 0.1) is 5.92 Å². The Labute approximate surface area is 246 Å². The van der Waals surface area contributed by atoms with E-state index in [-0.39, 0.29) is 29.9 Å². The number of rotatable bonds is 16. The first-order chi connectivity index (χ1) is 20.2. The number of carbonyl (C=O) groups is 1. The monoisotopic (exact) mass is 592 g/mol. The number of amides is 1. The van der Waals surface area contributed by atoms with E-state index in [0.717, 1.165) is 42.6 Å². The Balaban J connectivity index is 1.27. The summed E-state index contributed by atoms with van der Waals surface area (Å²) in [5.41, 5.74) is 2.96. The molecule has 3 aromatic rings. The summed E-state index contributed by atoms with van der Waals surface area (Å²) in [5, 5.41) is 3.78. The van der Waals surface area contributed by atoms with Gasteiger partial charge in [-0.2, -0.15) is 4.98 Å². The van der Waals surface area contributed by atoms with Crippen molar-refractivity contribution in [2.45, 2.75) is 69.0 Å². The van der Waals surface area contributed by atoms with E-state index in [9.17, 15) is 17.6 Å². The average molecular weight is 593 g/mol. The summed E-state index contributed by atoms with van der Waals surface area (Å²) in [6, 6.07) is 14.8. The number of sulfonamides is 1. The highest BCUT2D eigenvalue weighted by atomic mass is 32.2. The summed E-state index contributed by atoms with van der Waals surface area (Å²) in [4.78, 5) is 19.5. The minimum Gasteiger partial charge on any atom is -0.339 e. The standard InChI is InChI=1S/C32H37FN4O4S/c1-3-23(6-4-9-30-34-32(35-41-30)25-11-12-25)21-37(31(38)19-10-22(2)33)28-8-5-7-26(20-28)24-13-15-27(16-14-24)36-42(39,40)29-17-18-29/h3,5,7-8,13-16,20,23,25,29,36H,1-2,4,6,9-12,17-19,21H2. The lowest BCUT2D eigenvalue weighted by molar-refractivity contribution is -0.118. The molecule has 2 saturated carbocycles. The van der Waals surface area contributed by atoms with Crippen molar-refractivity contribution in [2.24, 2.45) is 5.92 Å². The molecule has 1 atom stereocenters. The van der Waals surface area contributed by atoms with Gasteiger partial charge in [-0.3, -0.25) is 9.52 Å². The molecule has 2 aromatic carbocycles. The van der Waals surface area contributed by atoms with Crippen LogP contribution in [0.25, 0.3) is 11.1 Å². The van der Waals surface area contributed by atoms with E-state index < -0.39 is 15.9 Å². The molecule has 0 saturated heterocycles. The van der Waals surface area contributed by atoms with Crippen LogP contribution >= 0.6 is 0 Å². The summed E-state index contributed by atoms with van der Waals surface area (Å²) in [7, 11) is -3.34. The fourth-order valence-electron chi connectivity index (χ4n) is 4.85. The summed E-state index contributed by atoms with van der Waals surface area (Å²) in [6.07, 6.45) is 7.66. The minimum atomic E-state index is -3.34. The first kappa shape index (κ1) is 29.7. The van der Waals surface area contributed by atoms with Crippen LogP contribution in [0.5, 0.6) is 0 Å². The van der Waals surface area contributed by atoms with Crippen molar-refractivity contribution in [3.63, 3.8) is 0 Å². The van der Waals surface area contributed by atoms with Crippen molar-refractivity contribution in [3.8, 4) is 11.1 Å². The van der Waals surface area contributed by atoms with Gasteiger partial charge in [0.2, 0.25) is 21.8 Å². The Hall–Kier alpha value is -3.79. The maximum atomic E-state index is 13.5. The highest BCUT2D eigenvalue weighted by Crippen LogP contribution is 2.38. The van der Waals surface area contributed by atoms with Gasteiger partial charge < -0.3 is 9.42 Å². The van der Waals surface area contributed by atoms with Crippen molar-refractivity contribution in [1.29, 1.82) is 0 Å². The number of anilines is 2. The molecule has 42 heavy (non-hydrogen) atoms. The molecule has 0 bridgehead atoms. The van der Waals surface area contributed by atoms with Gasteiger partial charge >= 0.3 is 0 Å². The second kappa shape index (κ2) is 13.0. The Morgan fingerprint density at radius 3 is 2.55 bits per heavy atom. The molecule has 0 aliphatic heterocycles. The van der Waals surface area contributed by atoms with E-state index in [0.29, 0.717) is 49.0 Å². The molecule has 1 amide bonds. The lowest BCUT2D eigenvalue weighted by atomic mass is 9.99. The molecule has 0 spiro atoms. The van der Waals surface area contributed by atoms with Crippen molar-refractivity contribution >= 4 is 27.3 Å². The number of nitrogens with one attached hydrogen (secondary N) is 1. The van der Waals surface area contributed by atoms with Crippen LogP contribution in [0.1, 0.15) is 69.0 Å². The number of hydrogen-bond donors (Lipinski definition) is 1. The zero-order valence-electron chi connectivity index (χ0n) is 23.7. The molecule has 1 heterocycles. The molecule has 8 nitrogen and oxygen atoms in total. The van der Waals surface area contributed by atoms with Gasteiger partial charge in [-0.05, 0) is 79.8 Å². The first-order valence-corrected chi connectivity index (χ1v) is 16.1. The van der Waals surface area contributed by atoms with Crippen LogP contribution in [-0.4, -0.2) is 36.3 Å². The second-order valence-electron chi connectivity index (χ2n) is 11.2. The van der Waals surface area contributed by atoms with Crippen LogP contribution < -0.4 is 9.62 Å². The number of allylic oxidation sites excluding steroid dienone is 1. The quantitative estimate of drug-likeness (QED) is 0.181. The lowest BCUT2D eigenvalue weighted by Gasteiger charge is -2.27. The largest absolute Gasteiger partial charge is 0.339 e. The van der Waals surface area contributed by atoms with Gasteiger partial charge in [0.1, 0.15) is 0 Å². The fourth-order valence-corrected chi connectivity index (χ4v) is 6.24. The molecule has 0 radical (unpaired) electrons. The van der Waals surface area contributed by atoms with Gasteiger partial charge in [0, 0.05) is 43.1 Å². The maximum Gasteiger partial charge on any atom is 0.235 e. The van der Waals surface area contributed by atoms with Crippen LogP contribution in [0.3, 0.4) is 0 Å². The molecule has 10 heteroatoms. The fraction of sp³-hybridized carbons (Fsp3) is 0.406. The number of aryl methyl sites for hydroxylation is 1.